The lowest BCUT2D eigenvalue weighted by atomic mass is 9.72. The van der Waals surface area contributed by atoms with Crippen molar-refractivity contribution in [3.63, 3.8) is 0 Å². The van der Waals surface area contributed by atoms with Crippen LogP contribution >= 0.6 is 0 Å². The maximum atomic E-state index is 12.5. The molecule has 0 unspecified atom stereocenters. The fraction of sp³-hybridized carbons (Fsp3) is 0.474. The second-order valence-electron chi connectivity index (χ2n) is 6.69. The maximum Gasteiger partial charge on any atom is 0.166 e. The van der Waals surface area contributed by atoms with Crippen molar-refractivity contribution in [2.45, 2.75) is 45.1 Å². The van der Waals surface area contributed by atoms with Gasteiger partial charge in [0, 0.05) is 24.6 Å². The summed E-state index contributed by atoms with van der Waals surface area (Å²) in [4.78, 5) is 14.9. The van der Waals surface area contributed by atoms with E-state index in [1.807, 2.05) is 0 Å². The van der Waals surface area contributed by atoms with E-state index in [-0.39, 0.29) is 17.7 Å². The third-order valence-electron chi connectivity index (χ3n) is 5.60. The summed E-state index contributed by atoms with van der Waals surface area (Å²) in [7, 11) is 0. The van der Waals surface area contributed by atoms with Crippen LogP contribution in [0.3, 0.4) is 0 Å². The molecule has 4 heteroatoms. The summed E-state index contributed by atoms with van der Waals surface area (Å²) in [6.45, 7) is 3.06. The average Bonchev–Trinajstić information content (AvgIpc) is 2.60. The van der Waals surface area contributed by atoms with Gasteiger partial charge < -0.3 is 10.1 Å². The van der Waals surface area contributed by atoms with Gasteiger partial charge in [-0.1, -0.05) is 36.3 Å². The summed E-state index contributed by atoms with van der Waals surface area (Å²) in [5.74, 6) is 0.219. The Morgan fingerprint density at radius 3 is 2.87 bits per heavy atom. The second-order valence-corrected chi connectivity index (χ2v) is 6.69. The highest BCUT2D eigenvalue weighted by molar-refractivity contribution is 6.24. The lowest BCUT2D eigenvalue weighted by molar-refractivity contribution is -0.116. The average molecular weight is 310 g/mol. The van der Waals surface area contributed by atoms with E-state index in [9.17, 15) is 10.0 Å². The van der Waals surface area contributed by atoms with Gasteiger partial charge >= 0.3 is 0 Å². The molecule has 2 aliphatic heterocycles. The fourth-order valence-electron chi connectivity index (χ4n) is 4.62. The van der Waals surface area contributed by atoms with Crippen molar-refractivity contribution >= 4 is 11.5 Å². The Morgan fingerprint density at radius 2 is 2.09 bits per heavy atom. The number of ketones is 1. The summed E-state index contributed by atoms with van der Waals surface area (Å²) >= 11 is 0. The number of carbonyl (C=O) groups excluding carboxylic acids is 1. The van der Waals surface area contributed by atoms with Crippen molar-refractivity contribution in [3.8, 4) is 0 Å². The van der Waals surface area contributed by atoms with Gasteiger partial charge in [0.2, 0.25) is 0 Å². The van der Waals surface area contributed by atoms with Gasteiger partial charge in [0.25, 0.3) is 0 Å². The van der Waals surface area contributed by atoms with E-state index in [0.29, 0.717) is 17.7 Å². The molecule has 1 aromatic carbocycles. The molecule has 2 atom stereocenters. The first-order valence-electron chi connectivity index (χ1n) is 8.59. The molecule has 23 heavy (non-hydrogen) atoms. The van der Waals surface area contributed by atoms with Crippen molar-refractivity contribution in [2.75, 3.05) is 6.54 Å². The highest BCUT2D eigenvalue weighted by Crippen LogP contribution is 2.47. The summed E-state index contributed by atoms with van der Waals surface area (Å²) in [6, 6.07) is 8.76. The van der Waals surface area contributed by atoms with Gasteiger partial charge in [-0.15, -0.1) is 0 Å². The minimum absolute atomic E-state index is 0.0715. The molecule has 120 valence electrons. The standard InChI is InChI=1S/C19H22N2O2/c1-2-13-18(20-23)17-15(8-5-9-16(17)22)21-11-10-12-6-3-4-7-14(12)19(13)21/h3-4,6-7,13,19,23H,2,5,8-11H2,1H3/t13-,19+/m1/s1. The third-order valence-corrected chi connectivity index (χ3v) is 5.60. The number of benzene rings is 1. The topological polar surface area (TPSA) is 52.9 Å². The normalized spacial score (nSPS) is 28.5. The number of hydrogen-bond donors (Lipinski definition) is 1. The Morgan fingerprint density at radius 1 is 1.26 bits per heavy atom. The zero-order valence-electron chi connectivity index (χ0n) is 13.5. The monoisotopic (exact) mass is 310 g/mol. The van der Waals surface area contributed by atoms with Crippen LogP contribution in [-0.2, 0) is 11.2 Å². The number of Topliss-reactive ketones (excluding diaryl/α,β-unsaturated/α-hetero) is 1. The van der Waals surface area contributed by atoms with Crippen LogP contribution in [0.25, 0.3) is 0 Å². The zero-order valence-corrected chi connectivity index (χ0v) is 13.5. The van der Waals surface area contributed by atoms with E-state index in [2.05, 4.69) is 41.2 Å². The molecule has 0 radical (unpaired) electrons. The van der Waals surface area contributed by atoms with E-state index < -0.39 is 0 Å². The molecule has 0 aromatic heterocycles. The van der Waals surface area contributed by atoms with Crippen LogP contribution in [-0.4, -0.2) is 28.1 Å². The number of nitrogens with zero attached hydrogens (tertiary/aromatic N) is 2. The molecule has 1 N–H and O–H groups in total. The molecule has 4 nitrogen and oxygen atoms in total. The third kappa shape index (κ3) is 2.04. The highest BCUT2D eigenvalue weighted by Gasteiger charge is 2.45. The number of allylic oxidation sites excluding steroid dienone is 2. The zero-order chi connectivity index (χ0) is 16.0. The molecule has 0 bridgehead atoms. The Hall–Kier alpha value is -2.10. The molecule has 0 saturated heterocycles. The van der Waals surface area contributed by atoms with Gasteiger partial charge in [-0.3, -0.25) is 4.79 Å². The minimum Gasteiger partial charge on any atom is -0.411 e. The van der Waals surface area contributed by atoms with Crippen LogP contribution < -0.4 is 0 Å². The van der Waals surface area contributed by atoms with Crippen LogP contribution in [0.2, 0.25) is 0 Å². The van der Waals surface area contributed by atoms with Gasteiger partial charge in [-0.05, 0) is 36.8 Å². The molecule has 0 spiro atoms. The van der Waals surface area contributed by atoms with Crippen LogP contribution in [0.5, 0.6) is 0 Å². The minimum atomic E-state index is 0.0715. The second kappa shape index (κ2) is 5.52. The first kappa shape index (κ1) is 14.5. The van der Waals surface area contributed by atoms with Gasteiger partial charge in [0.15, 0.2) is 5.78 Å². The number of hydrogen-bond acceptors (Lipinski definition) is 4. The number of fused-ring (bicyclic) bond motifs is 4. The molecular weight excluding hydrogens is 288 g/mol. The molecule has 4 rings (SSSR count). The Labute approximate surface area is 136 Å². The van der Waals surface area contributed by atoms with Crippen molar-refractivity contribution in [2.24, 2.45) is 11.1 Å². The number of rotatable bonds is 1. The molecule has 2 heterocycles. The van der Waals surface area contributed by atoms with E-state index in [0.717, 1.165) is 37.9 Å². The molecule has 0 fully saturated rings. The number of oxime groups is 1. The summed E-state index contributed by atoms with van der Waals surface area (Å²) in [6.07, 6.45) is 4.26. The molecular formula is C19H22N2O2. The van der Waals surface area contributed by atoms with Crippen LogP contribution in [0.15, 0.2) is 40.7 Å². The molecule has 1 aliphatic carbocycles. The lowest BCUT2D eigenvalue weighted by Crippen LogP contribution is -2.48. The first-order chi connectivity index (χ1) is 11.3. The summed E-state index contributed by atoms with van der Waals surface area (Å²) in [5.41, 5.74) is 5.15. The van der Waals surface area contributed by atoms with Gasteiger partial charge in [-0.2, -0.15) is 0 Å². The van der Waals surface area contributed by atoms with Crippen molar-refractivity contribution in [3.05, 3.63) is 46.7 Å². The van der Waals surface area contributed by atoms with Crippen molar-refractivity contribution in [1.29, 1.82) is 0 Å². The van der Waals surface area contributed by atoms with Crippen LogP contribution in [0, 0.1) is 5.92 Å². The maximum absolute atomic E-state index is 12.5. The molecule has 1 aromatic rings. The van der Waals surface area contributed by atoms with Gasteiger partial charge in [0.1, 0.15) is 0 Å². The smallest absolute Gasteiger partial charge is 0.166 e. The Kier molecular flexibility index (Phi) is 3.47. The van der Waals surface area contributed by atoms with E-state index >= 15 is 0 Å². The van der Waals surface area contributed by atoms with Crippen molar-refractivity contribution in [1.82, 2.24) is 4.90 Å². The summed E-state index contributed by atoms with van der Waals surface area (Å²) in [5, 5.41) is 13.3. The van der Waals surface area contributed by atoms with E-state index in [1.54, 1.807) is 0 Å². The molecule has 0 amide bonds. The highest BCUT2D eigenvalue weighted by atomic mass is 16.4. The number of carbonyl (C=O) groups is 1. The van der Waals surface area contributed by atoms with Gasteiger partial charge in [0.05, 0.1) is 17.3 Å². The SMILES string of the molecule is CC[C@@H]1C(=NO)C2=C(CCCC2=O)N2CCc3ccccc3[C@H]12. The largest absolute Gasteiger partial charge is 0.411 e. The van der Waals surface area contributed by atoms with Gasteiger partial charge in [-0.25, -0.2) is 0 Å². The Balaban J connectivity index is 1.93. The quantitative estimate of drug-likeness (QED) is 0.638. The van der Waals surface area contributed by atoms with E-state index in [4.69, 9.17) is 0 Å². The molecule has 3 aliphatic rings. The fourth-order valence-corrected chi connectivity index (χ4v) is 4.62. The Bertz CT molecular complexity index is 720. The van der Waals surface area contributed by atoms with Crippen LogP contribution in [0.1, 0.15) is 49.8 Å². The first-order valence-corrected chi connectivity index (χ1v) is 8.59. The van der Waals surface area contributed by atoms with E-state index in [1.165, 1.54) is 11.1 Å². The predicted molar refractivity (Wildman–Crippen MR) is 88.5 cm³/mol. The lowest BCUT2D eigenvalue weighted by Gasteiger charge is -2.49. The summed E-state index contributed by atoms with van der Waals surface area (Å²) < 4.78 is 0. The van der Waals surface area contributed by atoms with Crippen molar-refractivity contribution < 1.29 is 10.0 Å². The van der Waals surface area contributed by atoms with Crippen LogP contribution in [0.4, 0.5) is 0 Å². The molecule has 0 saturated carbocycles. The predicted octanol–water partition coefficient (Wildman–Crippen LogP) is 3.46.